The molecule has 3 nitrogen and oxygen atoms in total. The predicted molar refractivity (Wildman–Crippen MR) is 79.1 cm³/mol. The van der Waals surface area contributed by atoms with Gasteiger partial charge in [-0.1, -0.05) is 6.07 Å². The molecule has 0 aliphatic carbocycles. The average Bonchev–Trinajstić information content (AvgIpc) is 2.98. The summed E-state index contributed by atoms with van der Waals surface area (Å²) < 4.78 is 19.9. The van der Waals surface area contributed by atoms with E-state index >= 15 is 0 Å². The zero-order valence-electron chi connectivity index (χ0n) is 11.0. The van der Waals surface area contributed by atoms with Crippen molar-refractivity contribution in [2.45, 2.75) is 6.04 Å². The summed E-state index contributed by atoms with van der Waals surface area (Å²) in [6.07, 6.45) is 1.67. The Kier molecular flexibility index (Phi) is 4.19. The first kappa shape index (κ1) is 13.8. The van der Waals surface area contributed by atoms with Gasteiger partial charge in [-0.3, -0.25) is 4.90 Å². The zero-order valence-corrected chi connectivity index (χ0v) is 12.6. The molecule has 0 bridgehead atoms. The molecular weight excluding hydrogens is 323 g/mol. The van der Waals surface area contributed by atoms with Crippen LogP contribution in [-0.4, -0.2) is 31.1 Å². The highest BCUT2D eigenvalue weighted by Gasteiger charge is 2.26. The summed E-state index contributed by atoms with van der Waals surface area (Å²) in [5, 5.41) is 3.33. The first-order chi connectivity index (χ1) is 9.75. The van der Waals surface area contributed by atoms with Crippen LogP contribution in [0.3, 0.4) is 0 Å². The van der Waals surface area contributed by atoms with Crippen LogP contribution in [0.2, 0.25) is 0 Å². The summed E-state index contributed by atoms with van der Waals surface area (Å²) in [6, 6.07) is 9.08. The van der Waals surface area contributed by atoms with E-state index < -0.39 is 0 Å². The van der Waals surface area contributed by atoms with Gasteiger partial charge in [0.05, 0.1) is 16.8 Å². The van der Waals surface area contributed by atoms with E-state index in [-0.39, 0.29) is 11.9 Å². The minimum absolute atomic E-state index is 0.0327. The first-order valence-corrected chi connectivity index (χ1v) is 7.48. The fourth-order valence-electron chi connectivity index (χ4n) is 2.62. The van der Waals surface area contributed by atoms with Gasteiger partial charge in [0.25, 0.3) is 0 Å². The van der Waals surface area contributed by atoms with Gasteiger partial charge in [0, 0.05) is 26.2 Å². The standard InChI is InChI=1S/C15H16BrFN2O/c16-12-4-3-11(10-13(12)17)15(14-2-1-9-20-14)19-7-5-18-6-8-19/h1-4,9-10,15,18H,5-8H2/t15-/m1/s1. The van der Waals surface area contributed by atoms with Gasteiger partial charge in [-0.25, -0.2) is 4.39 Å². The number of halogens is 2. The Balaban J connectivity index is 1.98. The van der Waals surface area contributed by atoms with E-state index in [9.17, 15) is 4.39 Å². The molecule has 5 heteroatoms. The summed E-state index contributed by atoms with van der Waals surface area (Å²) >= 11 is 3.20. The van der Waals surface area contributed by atoms with Crippen molar-refractivity contribution in [1.82, 2.24) is 10.2 Å². The number of hydrogen-bond acceptors (Lipinski definition) is 3. The lowest BCUT2D eigenvalue weighted by atomic mass is 10.0. The molecule has 20 heavy (non-hydrogen) atoms. The van der Waals surface area contributed by atoms with E-state index in [1.165, 1.54) is 0 Å². The average molecular weight is 339 g/mol. The van der Waals surface area contributed by atoms with Crippen molar-refractivity contribution in [3.63, 3.8) is 0 Å². The maximum absolute atomic E-state index is 13.8. The van der Waals surface area contributed by atoms with Crippen LogP contribution in [0.1, 0.15) is 17.4 Å². The van der Waals surface area contributed by atoms with Crippen LogP contribution in [0.5, 0.6) is 0 Å². The summed E-state index contributed by atoms with van der Waals surface area (Å²) in [5.74, 6) is 0.614. The van der Waals surface area contributed by atoms with Crippen LogP contribution in [0, 0.1) is 5.82 Å². The largest absolute Gasteiger partial charge is 0.467 e. The summed E-state index contributed by atoms with van der Waals surface area (Å²) in [6.45, 7) is 3.72. The number of furan rings is 1. The van der Waals surface area contributed by atoms with Crippen LogP contribution in [0.15, 0.2) is 45.5 Å². The highest BCUT2D eigenvalue weighted by Crippen LogP contribution is 2.31. The van der Waals surface area contributed by atoms with E-state index in [1.807, 2.05) is 18.2 Å². The van der Waals surface area contributed by atoms with E-state index in [1.54, 1.807) is 18.4 Å². The first-order valence-electron chi connectivity index (χ1n) is 6.69. The Hall–Kier alpha value is -1.17. The maximum Gasteiger partial charge on any atom is 0.137 e. The van der Waals surface area contributed by atoms with Crippen molar-refractivity contribution in [1.29, 1.82) is 0 Å². The topological polar surface area (TPSA) is 28.4 Å². The third-order valence-electron chi connectivity index (χ3n) is 3.59. The molecule has 1 atom stereocenters. The lowest BCUT2D eigenvalue weighted by Crippen LogP contribution is -2.45. The highest BCUT2D eigenvalue weighted by atomic mass is 79.9. The van der Waals surface area contributed by atoms with Crippen molar-refractivity contribution < 1.29 is 8.81 Å². The van der Waals surface area contributed by atoms with Crippen molar-refractivity contribution in [3.8, 4) is 0 Å². The van der Waals surface area contributed by atoms with Crippen molar-refractivity contribution >= 4 is 15.9 Å². The number of rotatable bonds is 3. The maximum atomic E-state index is 13.8. The van der Waals surface area contributed by atoms with E-state index in [0.29, 0.717) is 4.47 Å². The molecule has 1 fully saturated rings. The minimum atomic E-state index is -0.241. The Morgan fingerprint density at radius 1 is 1.25 bits per heavy atom. The van der Waals surface area contributed by atoms with Crippen LogP contribution >= 0.6 is 15.9 Å². The number of piperazine rings is 1. The Labute approximate surface area is 125 Å². The molecule has 3 rings (SSSR count). The summed E-state index contributed by atoms with van der Waals surface area (Å²) in [5.41, 5.74) is 0.919. The lowest BCUT2D eigenvalue weighted by molar-refractivity contribution is 0.180. The molecule has 1 aliphatic heterocycles. The third-order valence-corrected chi connectivity index (χ3v) is 4.23. The number of nitrogens with zero attached hydrogens (tertiary/aromatic N) is 1. The van der Waals surface area contributed by atoms with Gasteiger partial charge in [-0.05, 0) is 45.8 Å². The van der Waals surface area contributed by atoms with E-state index in [4.69, 9.17) is 4.42 Å². The van der Waals surface area contributed by atoms with Crippen molar-refractivity contribution in [2.24, 2.45) is 0 Å². The molecular formula is C15H16BrFN2O. The minimum Gasteiger partial charge on any atom is -0.467 e. The van der Waals surface area contributed by atoms with Gasteiger partial charge < -0.3 is 9.73 Å². The Bertz CT molecular complexity index is 567. The summed E-state index contributed by atoms with van der Waals surface area (Å²) in [4.78, 5) is 2.32. The highest BCUT2D eigenvalue weighted by molar-refractivity contribution is 9.10. The van der Waals surface area contributed by atoms with Gasteiger partial charge in [-0.2, -0.15) is 0 Å². The lowest BCUT2D eigenvalue weighted by Gasteiger charge is -2.34. The molecule has 0 unspecified atom stereocenters. The Morgan fingerprint density at radius 2 is 2.05 bits per heavy atom. The second-order valence-electron chi connectivity index (χ2n) is 4.88. The second-order valence-corrected chi connectivity index (χ2v) is 5.73. The SMILES string of the molecule is Fc1cc([C@H](c2ccco2)N2CCNCC2)ccc1Br. The van der Waals surface area contributed by atoms with Gasteiger partial charge in [0.2, 0.25) is 0 Å². The van der Waals surface area contributed by atoms with Gasteiger partial charge in [-0.15, -0.1) is 0 Å². The third kappa shape index (κ3) is 2.80. The number of nitrogens with one attached hydrogen (secondary N) is 1. The summed E-state index contributed by atoms with van der Waals surface area (Å²) in [7, 11) is 0. The quantitative estimate of drug-likeness (QED) is 0.931. The van der Waals surface area contributed by atoms with Crippen LogP contribution < -0.4 is 5.32 Å². The van der Waals surface area contributed by atoms with Crippen molar-refractivity contribution in [3.05, 3.63) is 58.2 Å². The fourth-order valence-corrected chi connectivity index (χ4v) is 2.87. The molecule has 1 saturated heterocycles. The predicted octanol–water partition coefficient (Wildman–Crippen LogP) is 3.18. The molecule has 0 radical (unpaired) electrons. The fraction of sp³-hybridized carbons (Fsp3) is 0.333. The van der Waals surface area contributed by atoms with E-state index in [0.717, 1.165) is 37.5 Å². The number of hydrogen-bond donors (Lipinski definition) is 1. The molecule has 1 N–H and O–H groups in total. The normalized spacial score (nSPS) is 18.1. The smallest absolute Gasteiger partial charge is 0.137 e. The molecule has 1 aromatic carbocycles. The molecule has 0 saturated carbocycles. The molecule has 1 aromatic heterocycles. The number of benzene rings is 1. The molecule has 0 amide bonds. The zero-order chi connectivity index (χ0) is 13.9. The van der Waals surface area contributed by atoms with Crippen molar-refractivity contribution in [2.75, 3.05) is 26.2 Å². The van der Waals surface area contributed by atoms with Gasteiger partial charge in [0.15, 0.2) is 0 Å². The van der Waals surface area contributed by atoms with Crippen LogP contribution in [0.4, 0.5) is 4.39 Å². The second kappa shape index (κ2) is 6.08. The monoisotopic (exact) mass is 338 g/mol. The van der Waals surface area contributed by atoms with Crippen LogP contribution in [-0.2, 0) is 0 Å². The van der Waals surface area contributed by atoms with Gasteiger partial charge >= 0.3 is 0 Å². The van der Waals surface area contributed by atoms with E-state index in [2.05, 4.69) is 26.1 Å². The molecule has 2 aromatic rings. The molecule has 2 heterocycles. The molecule has 106 valence electrons. The molecule has 0 spiro atoms. The molecule has 1 aliphatic rings. The Morgan fingerprint density at radius 3 is 2.70 bits per heavy atom. The van der Waals surface area contributed by atoms with Gasteiger partial charge in [0.1, 0.15) is 11.6 Å². The van der Waals surface area contributed by atoms with Crippen LogP contribution in [0.25, 0.3) is 0 Å².